The summed E-state index contributed by atoms with van der Waals surface area (Å²) in [6, 6.07) is 0. The topological polar surface area (TPSA) is 37.3 Å². The molecule has 0 bridgehead atoms. The molecule has 12 heavy (non-hydrogen) atoms. The first-order chi connectivity index (χ1) is 5.00. The Bertz CT molecular complexity index is 89.8. The van der Waals surface area contributed by atoms with Crippen molar-refractivity contribution in [1.82, 2.24) is 0 Å². The van der Waals surface area contributed by atoms with E-state index in [9.17, 15) is 4.79 Å². The van der Waals surface area contributed by atoms with Gasteiger partial charge in [0.25, 0.3) is 0 Å². The first-order valence-corrected chi connectivity index (χ1v) is 3.99. The predicted molar refractivity (Wildman–Crippen MR) is 47.4 cm³/mol. The number of carbonyl (C=O) groups is 1. The van der Waals surface area contributed by atoms with Crippen molar-refractivity contribution < 1.29 is 28.8 Å². The molecule has 0 unspecified atom stereocenters. The number of aliphatic carboxylic acids is 1. The third-order valence-corrected chi connectivity index (χ3v) is 0.744. The van der Waals surface area contributed by atoms with Crippen LogP contribution in [-0.2, 0) is 4.79 Å². The maximum absolute atomic E-state index is 9.76. The monoisotopic (exact) mass is 166 g/mol. The number of rotatable bonds is 3. The second kappa shape index (κ2) is 13.6. The fourth-order valence-corrected chi connectivity index (χ4v) is 0.328. The van der Waals surface area contributed by atoms with Gasteiger partial charge in [0.05, 0.1) is 0 Å². The van der Waals surface area contributed by atoms with Crippen LogP contribution in [-0.4, -0.2) is 11.1 Å². The Morgan fingerprint density at radius 3 is 1.75 bits per heavy atom. The summed E-state index contributed by atoms with van der Waals surface area (Å²) in [5.74, 6) is 0.724. The summed E-state index contributed by atoms with van der Waals surface area (Å²) < 4.78 is 0. The first kappa shape index (κ1) is 18.0. The van der Waals surface area contributed by atoms with Gasteiger partial charge in [0.2, 0.25) is 0 Å². The Balaban J connectivity index is -0.000000142. The number of hydrogen-bond donors (Lipinski definition) is 1. The van der Waals surface area contributed by atoms with Crippen LogP contribution in [0.4, 0.5) is 0 Å². The molecule has 0 saturated carbocycles. The van der Waals surface area contributed by atoms with Gasteiger partial charge in [0.15, 0.2) is 0 Å². The molecule has 3 heteroatoms. The van der Waals surface area contributed by atoms with Crippen molar-refractivity contribution >= 4 is 5.97 Å². The minimum atomic E-state index is -0.693. The average Bonchev–Trinajstić information content (AvgIpc) is 1.82. The van der Waals surface area contributed by atoms with E-state index in [1.807, 2.05) is 6.92 Å². The molecule has 0 aromatic carbocycles. The van der Waals surface area contributed by atoms with Crippen molar-refractivity contribution in [2.75, 3.05) is 0 Å². The maximum atomic E-state index is 9.76. The van der Waals surface area contributed by atoms with Gasteiger partial charge in [-0.1, -0.05) is 13.3 Å². The normalized spacial score (nSPS) is 8.08. The number of carboxylic acid groups (broad SMARTS) is 1. The molecule has 0 fully saturated rings. The number of hydrogen-bond acceptors (Lipinski definition) is 1. The molecule has 0 atom stereocenters. The molecule has 0 radical (unpaired) electrons. The summed E-state index contributed by atoms with van der Waals surface area (Å²) in [6.45, 7) is 8.23. The van der Waals surface area contributed by atoms with Crippen molar-refractivity contribution in [3.63, 3.8) is 0 Å². The summed E-state index contributed by atoms with van der Waals surface area (Å²) in [6.07, 6.45) is 2.08. The van der Waals surface area contributed by atoms with Gasteiger partial charge in [-0.25, -0.2) is 0 Å². The van der Waals surface area contributed by atoms with Gasteiger partial charge in [0.1, 0.15) is 0 Å². The second-order valence-corrected chi connectivity index (χ2v) is 3.00. The van der Waals surface area contributed by atoms with Crippen LogP contribution in [0.3, 0.4) is 0 Å². The molecule has 1 N–H and O–H groups in total. The van der Waals surface area contributed by atoms with E-state index in [1.54, 1.807) is 0 Å². The Hall–Kier alpha value is 0.0674. The van der Waals surface area contributed by atoms with Gasteiger partial charge < -0.3 is 11.0 Å². The average molecular weight is 166 g/mol. The van der Waals surface area contributed by atoms with Gasteiger partial charge in [-0.05, 0) is 6.42 Å². The molecule has 0 rings (SSSR count). The molecule has 68 valence electrons. The molecule has 0 saturated heterocycles. The van der Waals surface area contributed by atoms with E-state index in [4.69, 9.17) is 5.11 Å². The Labute approximate surface area is 87.9 Å². The molecular weight excluding hydrogens is 147 g/mol. The summed E-state index contributed by atoms with van der Waals surface area (Å²) in [5, 5.41) is 8.04. The molecule has 0 aromatic rings. The number of unbranched alkanes of at least 4 members (excludes halogenated alkanes) is 1. The standard InChI is InChI=1S/C5H10O2.C4H9.Li/c1-2-3-4-5(6)7;1-4(2)3;/h2-4H2,1H3,(H,6,7);1-3H3;/q;-1;+1. The third-order valence-electron chi connectivity index (χ3n) is 0.744. The Kier molecular flexibility index (Phi) is 20.4. The van der Waals surface area contributed by atoms with Crippen LogP contribution in [0.25, 0.3) is 0 Å². The van der Waals surface area contributed by atoms with E-state index < -0.39 is 5.97 Å². The Morgan fingerprint density at radius 2 is 1.67 bits per heavy atom. The van der Waals surface area contributed by atoms with Gasteiger partial charge in [-0.2, -0.15) is 20.8 Å². The van der Waals surface area contributed by atoms with Crippen LogP contribution in [0.15, 0.2) is 0 Å². The molecule has 0 aliphatic heterocycles. The predicted octanol–water partition coefficient (Wildman–Crippen LogP) is -0.114. The van der Waals surface area contributed by atoms with E-state index >= 15 is 0 Å². The molecule has 0 aromatic heterocycles. The number of carboxylic acids is 1. The van der Waals surface area contributed by atoms with E-state index in [-0.39, 0.29) is 18.9 Å². The minimum absolute atomic E-state index is 0. The molecule has 0 heterocycles. The molecular formula is C9H19LiO2. The maximum Gasteiger partial charge on any atom is 1.00 e. The van der Waals surface area contributed by atoms with Crippen LogP contribution in [0.5, 0.6) is 0 Å². The van der Waals surface area contributed by atoms with E-state index in [0.29, 0.717) is 6.42 Å². The van der Waals surface area contributed by atoms with Crippen molar-refractivity contribution in [1.29, 1.82) is 0 Å². The van der Waals surface area contributed by atoms with E-state index in [2.05, 4.69) is 20.8 Å². The Morgan fingerprint density at radius 1 is 1.33 bits per heavy atom. The summed E-state index contributed by atoms with van der Waals surface area (Å²) in [4.78, 5) is 9.76. The van der Waals surface area contributed by atoms with Gasteiger partial charge >= 0.3 is 24.8 Å². The van der Waals surface area contributed by atoms with Crippen LogP contribution >= 0.6 is 0 Å². The molecule has 0 spiro atoms. The van der Waals surface area contributed by atoms with Crippen LogP contribution in [0, 0.1) is 5.92 Å². The van der Waals surface area contributed by atoms with E-state index in [1.165, 1.54) is 5.92 Å². The SMILES string of the molecule is CCCCC(=O)O.C[C-](C)C.[Li+]. The van der Waals surface area contributed by atoms with Crippen LogP contribution in [0.1, 0.15) is 47.0 Å². The minimum Gasteiger partial charge on any atom is -0.481 e. The zero-order valence-corrected chi connectivity index (χ0v) is 8.98. The summed E-state index contributed by atoms with van der Waals surface area (Å²) in [7, 11) is 0. The molecule has 0 amide bonds. The molecule has 0 aliphatic carbocycles. The van der Waals surface area contributed by atoms with Crippen LogP contribution < -0.4 is 18.9 Å². The quantitative estimate of drug-likeness (QED) is 0.469. The fraction of sp³-hybridized carbons (Fsp3) is 0.778. The van der Waals surface area contributed by atoms with Crippen molar-refractivity contribution in [2.24, 2.45) is 0 Å². The fourth-order valence-electron chi connectivity index (χ4n) is 0.328. The van der Waals surface area contributed by atoms with Gasteiger partial charge in [0, 0.05) is 6.42 Å². The molecule has 2 nitrogen and oxygen atoms in total. The van der Waals surface area contributed by atoms with Crippen molar-refractivity contribution in [3.8, 4) is 0 Å². The molecule has 0 aliphatic rings. The summed E-state index contributed by atoms with van der Waals surface area (Å²) in [5.41, 5.74) is 0. The second-order valence-electron chi connectivity index (χ2n) is 3.00. The zero-order chi connectivity index (χ0) is 9.28. The first-order valence-electron chi connectivity index (χ1n) is 3.99. The van der Waals surface area contributed by atoms with Crippen LogP contribution in [0.2, 0.25) is 0 Å². The smallest absolute Gasteiger partial charge is 0.481 e. The van der Waals surface area contributed by atoms with E-state index in [0.717, 1.165) is 12.8 Å². The largest absolute Gasteiger partial charge is 1.00 e. The summed E-state index contributed by atoms with van der Waals surface area (Å²) >= 11 is 0. The zero-order valence-electron chi connectivity index (χ0n) is 8.98. The van der Waals surface area contributed by atoms with Crippen molar-refractivity contribution in [2.45, 2.75) is 47.0 Å². The van der Waals surface area contributed by atoms with Crippen molar-refractivity contribution in [3.05, 3.63) is 5.92 Å². The third kappa shape index (κ3) is 50.0. The van der Waals surface area contributed by atoms with Gasteiger partial charge in [-0.3, -0.25) is 4.79 Å². The van der Waals surface area contributed by atoms with Gasteiger partial charge in [-0.15, -0.1) is 0 Å².